The van der Waals surface area contributed by atoms with Crippen LogP contribution in [0.5, 0.6) is 0 Å². The average molecular weight is 339 g/mol. The van der Waals surface area contributed by atoms with Crippen molar-refractivity contribution in [3.05, 3.63) is 29.8 Å². The summed E-state index contributed by atoms with van der Waals surface area (Å²) in [4.78, 5) is 14.8. The van der Waals surface area contributed by atoms with Crippen molar-refractivity contribution in [3.63, 3.8) is 0 Å². The van der Waals surface area contributed by atoms with Crippen LogP contribution in [0, 0.1) is 5.92 Å². The number of benzene rings is 1. The van der Waals surface area contributed by atoms with E-state index in [9.17, 15) is 13.2 Å². The minimum absolute atomic E-state index is 0.0120. The minimum Gasteiger partial charge on any atom is -0.384 e. The maximum atomic E-state index is 12.7. The number of amides is 1. The Kier molecular flexibility index (Phi) is 5.81. The molecule has 1 aliphatic rings. The number of rotatable bonds is 6. The molecule has 1 aromatic carbocycles. The maximum absolute atomic E-state index is 12.7. The summed E-state index contributed by atoms with van der Waals surface area (Å²) >= 11 is 0. The summed E-state index contributed by atoms with van der Waals surface area (Å²) in [6, 6.07) is 6.51. The number of ether oxygens (including phenoxy) is 1. The van der Waals surface area contributed by atoms with Crippen molar-refractivity contribution in [1.82, 2.24) is 4.90 Å². The first-order chi connectivity index (χ1) is 10.9. The minimum atomic E-state index is -3.36. The molecule has 0 unspecified atom stereocenters. The third kappa shape index (κ3) is 4.12. The quantitative estimate of drug-likeness (QED) is 0.798. The zero-order valence-corrected chi connectivity index (χ0v) is 14.8. The van der Waals surface area contributed by atoms with E-state index in [4.69, 9.17) is 4.74 Å². The van der Waals surface area contributed by atoms with Gasteiger partial charge in [-0.25, -0.2) is 8.42 Å². The van der Waals surface area contributed by atoms with E-state index >= 15 is 0 Å². The van der Waals surface area contributed by atoms with Crippen molar-refractivity contribution < 1.29 is 17.9 Å². The van der Waals surface area contributed by atoms with Crippen molar-refractivity contribution in [2.45, 2.75) is 37.6 Å². The van der Waals surface area contributed by atoms with E-state index in [1.165, 1.54) is 19.2 Å². The monoisotopic (exact) mass is 339 g/mol. The molecular weight excluding hydrogens is 314 g/mol. The third-order valence-corrected chi connectivity index (χ3v) is 6.04. The molecule has 1 aromatic rings. The van der Waals surface area contributed by atoms with Gasteiger partial charge in [-0.2, -0.15) is 0 Å². The molecule has 1 aliphatic heterocycles. The second kappa shape index (κ2) is 7.45. The number of carbonyl (C=O) groups excluding carboxylic acids is 1. The number of carbonyl (C=O) groups is 1. The van der Waals surface area contributed by atoms with Gasteiger partial charge in [-0.1, -0.05) is 13.8 Å². The molecule has 23 heavy (non-hydrogen) atoms. The summed E-state index contributed by atoms with van der Waals surface area (Å²) in [6.07, 6.45) is 2.06. The van der Waals surface area contributed by atoms with E-state index in [-0.39, 0.29) is 29.2 Å². The Morgan fingerprint density at radius 1 is 1.30 bits per heavy atom. The van der Waals surface area contributed by atoms with E-state index in [0.717, 1.165) is 19.4 Å². The van der Waals surface area contributed by atoms with Gasteiger partial charge in [-0.15, -0.1) is 0 Å². The van der Waals surface area contributed by atoms with Crippen LogP contribution in [0.4, 0.5) is 0 Å². The van der Waals surface area contributed by atoms with E-state index in [0.29, 0.717) is 11.5 Å². The number of methoxy groups -OCH3 is 1. The number of sulfone groups is 1. The van der Waals surface area contributed by atoms with Gasteiger partial charge in [-0.05, 0) is 43.0 Å². The highest BCUT2D eigenvalue weighted by Gasteiger charge is 2.31. The number of nitrogens with zero attached hydrogens (tertiary/aromatic N) is 1. The molecule has 1 amide bonds. The van der Waals surface area contributed by atoms with Gasteiger partial charge in [0.2, 0.25) is 0 Å². The third-order valence-electron chi connectivity index (χ3n) is 4.35. The summed E-state index contributed by atoms with van der Waals surface area (Å²) in [5.74, 6) is 0.357. The molecule has 2 rings (SSSR count). The molecule has 6 heteroatoms. The lowest BCUT2D eigenvalue weighted by atomic mass is 10.0. The molecule has 1 saturated heterocycles. The zero-order chi connectivity index (χ0) is 17.0. The first-order valence-electron chi connectivity index (χ1n) is 7.99. The molecule has 1 heterocycles. The van der Waals surface area contributed by atoms with Crippen molar-refractivity contribution in [3.8, 4) is 0 Å². The number of hydrogen-bond donors (Lipinski definition) is 0. The van der Waals surface area contributed by atoms with E-state index in [1.54, 1.807) is 12.1 Å². The Morgan fingerprint density at radius 2 is 1.96 bits per heavy atom. The van der Waals surface area contributed by atoms with Crippen molar-refractivity contribution in [2.75, 3.05) is 26.0 Å². The summed E-state index contributed by atoms with van der Waals surface area (Å²) in [6.45, 7) is 5.19. The normalized spacial score (nSPS) is 18.6. The zero-order valence-electron chi connectivity index (χ0n) is 14.0. The van der Waals surface area contributed by atoms with Crippen molar-refractivity contribution >= 4 is 15.7 Å². The lowest BCUT2D eigenvalue weighted by Gasteiger charge is -2.27. The molecule has 1 atom stereocenters. The lowest BCUT2D eigenvalue weighted by molar-refractivity contribution is 0.0701. The second-order valence-electron chi connectivity index (χ2n) is 6.29. The Balaban J connectivity index is 2.15. The van der Waals surface area contributed by atoms with Crippen LogP contribution in [0.1, 0.15) is 37.0 Å². The molecule has 128 valence electrons. The maximum Gasteiger partial charge on any atom is 0.254 e. The largest absolute Gasteiger partial charge is 0.384 e. The van der Waals surface area contributed by atoms with Gasteiger partial charge in [0.05, 0.1) is 17.3 Å². The van der Waals surface area contributed by atoms with E-state index in [1.807, 2.05) is 4.90 Å². The van der Waals surface area contributed by atoms with Gasteiger partial charge < -0.3 is 9.64 Å². The van der Waals surface area contributed by atoms with Crippen molar-refractivity contribution in [1.29, 1.82) is 0 Å². The van der Waals surface area contributed by atoms with Crippen molar-refractivity contribution in [2.24, 2.45) is 5.92 Å². The van der Waals surface area contributed by atoms with Gasteiger partial charge in [0, 0.05) is 25.3 Å². The van der Waals surface area contributed by atoms with Gasteiger partial charge in [0.1, 0.15) is 0 Å². The smallest absolute Gasteiger partial charge is 0.254 e. The highest BCUT2D eigenvalue weighted by Crippen LogP contribution is 2.26. The fraction of sp³-hybridized carbons (Fsp3) is 0.588. The van der Waals surface area contributed by atoms with Crippen LogP contribution < -0.4 is 0 Å². The molecule has 1 fully saturated rings. The summed E-state index contributed by atoms with van der Waals surface area (Å²) in [5.41, 5.74) is 0.545. The fourth-order valence-corrected chi connectivity index (χ4v) is 4.19. The second-order valence-corrected chi connectivity index (χ2v) is 8.40. The first kappa shape index (κ1) is 17.9. The molecule has 0 radical (unpaired) electrons. The van der Waals surface area contributed by atoms with Gasteiger partial charge in [-0.3, -0.25) is 4.79 Å². The Labute approximate surface area is 138 Å². The van der Waals surface area contributed by atoms with Crippen LogP contribution in [0.15, 0.2) is 29.2 Å². The standard InChI is InChI=1S/C17H25NO4S/c1-13(2)16-5-4-10-18(16)17(19)14-6-8-15(9-7-14)23(20,21)12-11-22-3/h6-9,13,16H,4-5,10-12H2,1-3H3/t16-/m1/s1. The van der Waals surface area contributed by atoms with Crippen LogP contribution in [0.25, 0.3) is 0 Å². The highest BCUT2D eigenvalue weighted by atomic mass is 32.2. The molecule has 0 aliphatic carbocycles. The molecule has 0 N–H and O–H groups in total. The number of hydrogen-bond acceptors (Lipinski definition) is 4. The molecule has 0 aromatic heterocycles. The molecule has 0 saturated carbocycles. The van der Waals surface area contributed by atoms with Crippen LogP contribution in [-0.2, 0) is 14.6 Å². The first-order valence-corrected chi connectivity index (χ1v) is 9.65. The highest BCUT2D eigenvalue weighted by molar-refractivity contribution is 7.91. The summed E-state index contributed by atoms with van der Waals surface area (Å²) < 4.78 is 29.0. The van der Waals surface area contributed by atoms with Gasteiger partial charge in [0.15, 0.2) is 9.84 Å². The topological polar surface area (TPSA) is 63.7 Å². The summed E-state index contributed by atoms with van der Waals surface area (Å²) in [7, 11) is -1.89. The predicted molar refractivity (Wildman–Crippen MR) is 89.3 cm³/mol. The lowest BCUT2D eigenvalue weighted by Crippen LogP contribution is -2.38. The number of likely N-dealkylation sites (tertiary alicyclic amines) is 1. The SMILES string of the molecule is COCCS(=O)(=O)c1ccc(C(=O)N2CCC[C@@H]2C(C)C)cc1. The molecule has 5 nitrogen and oxygen atoms in total. The molecule has 0 spiro atoms. The van der Waals surface area contributed by atoms with Crippen LogP contribution >= 0.6 is 0 Å². The van der Waals surface area contributed by atoms with Crippen LogP contribution in [0.2, 0.25) is 0 Å². The van der Waals surface area contributed by atoms with E-state index < -0.39 is 9.84 Å². The Morgan fingerprint density at radius 3 is 2.52 bits per heavy atom. The van der Waals surface area contributed by atoms with E-state index in [2.05, 4.69) is 13.8 Å². The Bertz CT molecular complexity index is 637. The van der Waals surface area contributed by atoms with Crippen LogP contribution in [-0.4, -0.2) is 51.3 Å². The van der Waals surface area contributed by atoms with Gasteiger partial charge >= 0.3 is 0 Å². The fourth-order valence-electron chi connectivity index (χ4n) is 3.02. The summed E-state index contributed by atoms with van der Waals surface area (Å²) in [5, 5.41) is 0. The average Bonchev–Trinajstić information content (AvgIpc) is 3.02. The molecular formula is C17H25NO4S. The Hall–Kier alpha value is -1.40. The van der Waals surface area contributed by atoms with Gasteiger partial charge in [0.25, 0.3) is 5.91 Å². The predicted octanol–water partition coefficient (Wildman–Crippen LogP) is 2.37. The van der Waals surface area contributed by atoms with Crippen LogP contribution in [0.3, 0.4) is 0 Å². The molecule has 0 bridgehead atoms.